The van der Waals surface area contributed by atoms with Gasteiger partial charge in [0.15, 0.2) is 5.78 Å². The third-order valence-corrected chi connectivity index (χ3v) is 6.75. The Balaban J connectivity index is 1.60. The van der Waals surface area contributed by atoms with Crippen LogP contribution in [0.15, 0.2) is 53.2 Å². The number of nitrogens with one attached hydrogen (secondary N) is 1. The van der Waals surface area contributed by atoms with Crippen LogP contribution in [0.4, 0.5) is 0 Å². The molecular weight excluding hydrogens is 410 g/mol. The number of aromatic nitrogens is 1. The van der Waals surface area contributed by atoms with Crippen molar-refractivity contribution in [2.24, 2.45) is 0 Å². The van der Waals surface area contributed by atoms with Crippen LogP contribution in [-0.4, -0.2) is 40.3 Å². The van der Waals surface area contributed by atoms with E-state index in [2.05, 4.69) is 47.8 Å². The largest absolute Gasteiger partial charge is 0.491 e. The van der Waals surface area contributed by atoms with Gasteiger partial charge in [0, 0.05) is 27.6 Å². The zero-order valence-electron chi connectivity index (χ0n) is 17.3. The molecule has 158 valence electrons. The highest BCUT2D eigenvalue weighted by Crippen LogP contribution is 2.45. The molecule has 1 aliphatic rings. The topological polar surface area (TPSA) is 82.5 Å². The highest BCUT2D eigenvalue weighted by Gasteiger charge is 2.39. The van der Waals surface area contributed by atoms with E-state index in [-0.39, 0.29) is 19.0 Å². The molecule has 31 heavy (non-hydrogen) atoms. The van der Waals surface area contributed by atoms with Crippen LogP contribution in [0.25, 0.3) is 22.0 Å². The Morgan fingerprint density at radius 2 is 1.97 bits per heavy atom. The lowest BCUT2D eigenvalue weighted by atomic mass is 9.71. The summed E-state index contributed by atoms with van der Waals surface area (Å²) in [4.78, 5) is 17.0. The molecule has 5 nitrogen and oxygen atoms in total. The number of aliphatic hydroxyl groups excluding tert-OH is 2. The summed E-state index contributed by atoms with van der Waals surface area (Å²) in [7, 11) is 0. The van der Waals surface area contributed by atoms with Gasteiger partial charge in [0.2, 0.25) is 0 Å². The van der Waals surface area contributed by atoms with Gasteiger partial charge in [0.25, 0.3) is 0 Å². The van der Waals surface area contributed by atoms with Crippen molar-refractivity contribution in [1.82, 2.24) is 4.98 Å². The van der Waals surface area contributed by atoms with E-state index in [1.807, 2.05) is 12.1 Å². The molecule has 5 rings (SSSR count). The molecule has 0 fully saturated rings. The summed E-state index contributed by atoms with van der Waals surface area (Å²) >= 11 is 1.66. The second-order valence-electron chi connectivity index (χ2n) is 8.46. The van der Waals surface area contributed by atoms with Crippen molar-refractivity contribution in [3.05, 3.63) is 75.6 Å². The molecule has 4 aromatic rings. The fourth-order valence-corrected chi connectivity index (χ4v) is 5.02. The molecule has 2 aromatic heterocycles. The number of carbonyl (C=O) groups excluding carboxylic acids is 1. The lowest BCUT2D eigenvalue weighted by molar-refractivity contribution is 0.0535. The van der Waals surface area contributed by atoms with Crippen LogP contribution in [0.2, 0.25) is 0 Å². The van der Waals surface area contributed by atoms with Gasteiger partial charge in [-0.15, -0.1) is 0 Å². The van der Waals surface area contributed by atoms with Crippen molar-refractivity contribution in [2.75, 3.05) is 13.2 Å². The molecule has 1 atom stereocenters. The SMILES string of the molecule is CC1(C)c2cc(OCC(O)CO)ccc2C(=O)c2c1[nH]c1cc(-c3ccsc3)ccc21. The molecule has 3 N–H and O–H groups in total. The van der Waals surface area contributed by atoms with Crippen molar-refractivity contribution in [3.8, 4) is 16.9 Å². The molecule has 6 heteroatoms. The Labute approximate surface area is 183 Å². The van der Waals surface area contributed by atoms with Crippen LogP contribution in [-0.2, 0) is 5.41 Å². The maximum absolute atomic E-state index is 13.5. The maximum atomic E-state index is 13.5. The number of benzene rings is 2. The van der Waals surface area contributed by atoms with E-state index in [0.29, 0.717) is 11.3 Å². The number of thiophene rings is 1. The zero-order valence-corrected chi connectivity index (χ0v) is 18.1. The fraction of sp³-hybridized carbons (Fsp3) is 0.240. The fourth-order valence-electron chi connectivity index (χ4n) is 4.35. The quantitative estimate of drug-likeness (QED) is 0.433. The molecule has 0 aliphatic heterocycles. The number of H-pyrrole nitrogens is 1. The summed E-state index contributed by atoms with van der Waals surface area (Å²) in [5.74, 6) is 0.562. The van der Waals surface area contributed by atoms with E-state index in [4.69, 9.17) is 9.84 Å². The van der Waals surface area contributed by atoms with Gasteiger partial charge in [-0.05, 0) is 57.8 Å². The smallest absolute Gasteiger partial charge is 0.195 e. The summed E-state index contributed by atoms with van der Waals surface area (Å²) in [5, 5.41) is 23.7. The third-order valence-electron chi connectivity index (χ3n) is 6.07. The van der Waals surface area contributed by atoms with Gasteiger partial charge in [-0.3, -0.25) is 4.79 Å². The van der Waals surface area contributed by atoms with Gasteiger partial charge >= 0.3 is 0 Å². The summed E-state index contributed by atoms with van der Waals surface area (Å²) < 4.78 is 5.63. The number of ketones is 1. The molecule has 1 unspecified atom stereocenters. The number of aliphatic hydroxyl groups is 2. The van der Waals surface area contributed by atoms with Crippen LogP contribution in [0, 0.1) is 0 Å². The standard InChI is InChI=1S/C25H23NO4S/c1-25(2)20-10-17(30-12-16(28)11-27)4-6-18(20)23(29)22-19-5-3-14(15-7-8-31-13-15)9-21(19)26-24(22)25/h3-10,13,16,26-28H,11-12H2,1-2H3. The molecule has 0 saturated carbocycles. The zero-order chi connectivity index (χ0) is 21.8. The number of hydrogen-bond donors (Lipinski definition) is 3. The molecule has 0 radical (unpaired) electrons. The van der Waals surface area contributed by atoms with Crippen LogP contribution in [0.5, 0.6) is 5.75 Å². The Hall–Kier alpha value is -2.93. The third kappa shape index (κ3) is 3.19. The van der Waals surface area contributed by atoms with Crippen LogP contribution in [0.3, 0.4) is 0 Å². The molecule has 1 aliphatic carbocycles. The first-order chi connectivity index (χ1) is 14.9. The summed E-state index contributed by atoms with van der Waals surface area (Å²) in [6.45, 7) is 3.82. The predicted octanol–water partition coefficient (Wildman–Crippen LogP) is 4.50. The van der Waals surface area contributed by atoms with E-state index in [9.17, 15) is 9.90 Å². The van der Waals surface area contributed by atoms with Gasteiger partial charge in [-0.25, -0.2) is 0 Å². The Kier molecular flexibility index (Phi) is 4.73. The van der Waals surface area contributed by atoms with Gasteiger partial charge in [0.1, 0.15) is 18.5 Å². The predicted molar refractivity (Wildman–Crippen MR) is 122 cm³/mol. The summed E-state index contributed by atoms with van der Waals surface area (Å²) in [5.41, 5.74) is 5.97. The van der Waals surface area contributed by atoms with E-state index >= 15 is 0 Å². The van der Waals surface area contributed by atoms with E-state index in [0.717, 1.165) is 33.3 Å². The number of aromatic amines is 1. The molecule has 0 bridgehead atoms. The minimum Gasteiger partial charge on any atom is -0.491 e. The summed E-state index contributed by atoms with van der Waals surface area (Å²) in [6.07, 6.45) is -0.941. The average molecular weight is 434 g/mol. The van der Waals surface area contributed by atoms with Crippen molar-refractivity contribution in [1.29, 1.82) is 0 Å². The minimum atomic E-state index is -0.941. The number of fused-ring (bicyclic) bond motifs is 4. The lowest BCUT2D eigenvalue weighted by Gasteiger charge is -2.32. The van der Waals surface area contributed by atoms with Crippen LogP contribution >= 0.6 is 11.3 Å². The first kappa shape index (κ1) is 20.0. The van der Waals surface area contributed by atoms with Crippen molar-refractivity contribution >= 4 is 28.0 Å². The first-order valence-corrected chi connectivity index (χ1v) is 11.1. The number of carbonyl (C=O) groups is 1. The molecule has 0 saturated heterocycles. The molecule has 2 heterocycles. The minimum absolute atomic E-state index is 0.000742. The average Bonchev–Trinajstić information content (AvgIpc) is 3.44. The highest BCUT2D eigenvalue weighted by atomic mass is 32.1. The summed E-state index contributed by atoms with van der Waals surface area (Å²) in [6, 6.07) is 13.7. The van der Waals surface area contributed by atoms with Gasteiger partial charge in [0.05, 0.1) is 12.2 Å². The van der Waals surface area contributed by atoms with Gasteiger partial charge in [-0.1, -0.05) is 26.0 Å². The molecule has 2 aromatic carbocycles. The van der Waals surface area contributed by atoms with Crippen molar-refractivity contribution < 1.29 is 19.7 Å². The Morgan fingerprint density at radius 3 is 2.71 bits per heavy atom. The van der Waals surface area contributed by atoms with E-state index < -0.39 is 11.5 Å². The highest BCUT2D eigenvalue weighted by molar-refractivity contribution is 7.08. The van der Waals surface area contributed by atoms with Crippen molar-refractivity contribution in [2.45, 2.75) is 25.4 Å². The van der Waals surface area contributed by atoms with Gasteiger partial charge in [-0.2, -0.15) is 11.3 Å². The van der Waals surface area contributed by atoms with Crippen LogP contribution < -0.4 is 4.74 Å². The van der Waals surface area contributed by atoms with Crippen LogP contribution in [0.1, 0.15) is 41.0 Å². The second kappa shape index (κ2) is 7.34. The number of rotatable bonds is 5. The van der Waals surface area contributed by atoms with Crippen molar-refractivity contribution in [3.63, 3.8) is 0 Å². The van der Waals surface area contributed by atoms with Gasteiger partial charge < -0.3 is 19.9 Å². The maximum Gasteiger partial charge on any atom is 0.195 e. The van der Waals surface area contributed by atoms with E-state index in [1.165, 1.54) is 5.56 Å². The Morgan fingerprint density at radius 1 is 1.13 bits per heavy atom. The number of hydrogen-bond acceptors (Lipinski definition) is 5. The molecule has 0 amide bonds. The monoisotopic (exact) mass is 433 g/mol. The Bertz CT molecular complexity index is 1290. The lowest BCUT2D eigenvalue weighted by Crippen LogP contribution is -2.30. The first-order valence-electron chi connectivity index (χ1n) is 10.2. The second-order valence-corrected chi connectivity index (χ2v) is 9.24. The number of ether oxygens (including phenoxy) is 1. The van der Waals surface area contributed by atoms with E-state index in [1.54, 1.807) is 23.5 Å². The molecular formula is C25H23NO4S. The molecule has 0 spiro atoms. The normalized spacial score (nSPS) is 15.5.